The second kappa shape index (κ2) is 5.48. The standard InChI is InChI=1S/C13H20N2O3S/c1-3-11-4-5-12(14)8-13(11)19(16,17)15-6-7-18-9-10(15)2/h4-5,8,10H,3,6-7,9,14H2,1-2H3/t10-/m1/s1. The van der Waals surface area contributed by atoms with E-state index in [1.807, 2.05) is 13.8 Å². The van der Waals surface area contributed by atoms with E-state index >= 15 is 0 Å². The summed E-state index contributed by atoms with van der Waals surface area (Å²) >= 11 is 0. The van der Waals surface area contributed by atoms with Crippen molar-refractivity contribution >= 4 is 15.7 Å². The highest BCUT2D eigenvalue weighted by Gasteiger charge is 2.32. The molecule has 2 N–H and O–H groups in total. The average molecular weight is 284 g/mol. The molecule has 1 fully saturated rings. The lowest BCUT2D eigenvalue weighted by Gasteiger charge is -2.32. The second-order valence-corrected chi connectivity index (χ2v) is 6.62. The Balaban J connectivity index is 2.46. The largest absolute Gasteiger partial charge is 0.399 e. The maximum Gasteiger partial charge on any atom is 0.243 e. The lowest BCUT2D eigenvalue weighted by atomic mass is 10.1. The van der Waals surface area contributed by atoms with Crippen LogP contribution in [0.2, 0.25) is 0 Å². The number of aryl methyl sites for hydroxylation is 1. The lowest BCUT2D eigenvalue weighted by molar-refractivity contribution is 0.0392. The molecule has 0 unspecified atom stereocenters. The summed E-state index contributed by atoms with van der Waals surface area (Å²) in [5.41, 5.74) is 7.00. The number of rotatable bonds is 3. The van der Waals surface area contributed by atoms with Crippen molar-refractivity contribution < 1.29 is 13.2 Å². The Hall–Kier alpha value is -1.11. The molecular formula is C13H20N2O3S. The van der Waals surface area contributed by atoms with Crippen molar-refractivity contribution in [3.05, 3.63) is 23.8 Å². The van der Waals surface area contributed by atoms with Gasteiger partial charge in [0.1, 0.15) is 0 Å². The Kier molecular flexibility index (Phi) is 4.13. The minimum atomic E-state index is -3.50. The molecule has 0 saturated carbocycles. The zero-order chi connectivity index (χ0) is 14.0. The van der Waals surface area contributed by atoms with Gasteiger partial charge in [0.2, 0.25) is 10.0 Å². The number of anilines is 1. The summed E-state index contributed by atoms with van der Waals surface area (Å²) in [5, 5.41) is 0. The molecule has 0 radical (unpaired) electrons. The quantitative estimate of drug-likeness (QED) is 0.848. The van der Waals surface area contributed by atoms with Crippen LogP contribution in [0.15, 0.2) is 23.1 Å². The predicted octanol–water partition coefficient (Wildman–Crippen LogP) is 1.24. The number of nitrogens with zero attached hydrogens (tertiary/aromatic N) is 1. The Morgan fingerprint density at radius 2 is 2.21 bits per heavy atom. The maximum atomic E-state index is 12.7. The highest BCUT2D eigenvalue weighted by atomic mass is 32.2. The SMILES string of the molecule is CCc1ccc(N)cc1S(=O)(=O)N1CCOC[C@H]1C. The molecule has 0 amide bonds. The fourth-order valence-electron chi connectivity index (χ4n) is 2.30. The monoisotopic (exact) mass is 284 g/mol. The molecule has 1 aromatic carbocycles. The van der Waals surface area contributed by atoms with Crippen molar-refractivity contribution in [1.82, 2.24) is 4.31 Å². The van der Waals surface area contributed by atoms with Crippen molar-refractivity contribution in [3.8, 4) is 0 Å². The van der Waals surface area contributed by atoms with Gasteiger partial charge >= 0.3 is 0 Å². The number of nitrogen functional groups attached to an aromatic ring is 1. The van der Waals surface area contributed by atoms with Crippen LogP contribution in [0.4, 0.5) is 5.69 Å². The molecule has 0 aliphatic carbocycles. The van der Waals surface area contributed by atoms with E-state index in [9.17, 15) is 8.42 Å². The topological polar surface area (TPSA) is 72.6 Å². The van der Waals surface area contributed by atoms with Gasteiger partial charge in [0.05, 0.1) is 18.1 Å². The normalized spacial score (nSPS) is 21.5. The van der Waals surface area contributed by atoms with E-state index in [-0.39, 0.29) is 6.04 Å². The molecular weight excluding hydrogens is 264 g/mol. The van der Waals surface area contributed by atoms with Gasteiger partial charge in [0.15, 0.2) is 0 Å². The van der Waals surface area contributed by atoms with Gasteiger partial charge in [-0.25, -0.2) is 8.42 Å². The molecule has 1 atom stereocenters. The van der Waals surface area contributed by atoms with Crippen LogP contribution >= 0.6 is 0 Å². The Bertz CT molecular complexity index is 557. The number of hydrogen-bond donors (Lipinski definition) is 1. The minimum Gasteiger partial charge on any atom is -0.399 e. The van der Waals surface area contributed by atoms with E-state index in [0.717, 1.165) is 5.56 Å². The number of morpholine rings is 1. The van der Waals surface area contributed by atoms with Crippen molar-refractivity contribution in [3.63, 3.8) is 0 Å². The smallest absolute Gasteiger partial charge is 0.243 e. The van der Waals surface area contributed by atoms with E-state index in [4.69, 9.17) is 10.5 Å². The summed E-state index contributed by atoms with van der Waals surface area (Å²) in [6, 6.07) is 4.93. The summed E-state index contributed by atoms with van der Waals surface area (Å²) in [6.07, 6.45) is 0.660. The van der Waals surface area contributed by atoms with Crippen LogP contribution in [-0.2, 0) is 21.2 Å². The van der Waals surface area contributed by atoms with Crippen molar-refractivity contribution in [1.29, 1.82) is 0 Å². The number of benzene rings is 1. The summed E-state index contributed by atoms with van der Waals surface area (Å²) in [4.78, 5) is 0.323. The van der Waals surface area contributed by atoms with Gasteiger partial charge < -0.3 is 10.5 Å². The first kappa shape index (κ1) is 14.3. The van der Waals surface area contributed by atoms with E-state index in [0.29, 0.717) is 36.8 Å². The van der Waals surface area contributed by atoms with Crippen LogP contribution in [0.3, 0.4) is 0 Å². The number of sulfonamides is 1. The van der Waals surface area contributed by atoms with Gasteiger partial charge in [-0.1, -0.05) is 13.0 Å². The zero-order valence-corrected chi connectivity index (χ0v) is 12.1. The first-order valence-corrected chi connectivity index (χ1v) is 7.88. The summed E-state index contributed by atoms with van der Waals surface area (Å²) in [5.74, 6) is 0. The van der Waals surface area contributed by atoms with Crippen molar-refractivity contribution in [2.45, 2.75) is 31.2 Å². The molecule has 19 heavy (non-hydrogen) atoms. The van der Waals surface area contributed by atoms with Crippen LogP contribution in [0.25, 0.3) is 0 Å². The Morgan fingerprint density at radius 3 is 2.84 bits per heavy atom. The number of nitrogens with two attached hydrogens (primary N) is 1. The van der Waals surface area contributed by atoms with Gasteiger partial charge in [0.25, 0.3) is 0 Å². The molecule has 0 aromatic heterocycles. The van der Waals surface area contributed by atoms with Crippen LogP contribution in [-0.4, -0.2) is 38.5 Å². The van der Waals surface area contributed by atoms with Gasteiger partial charge in [-0.15, -0.1) is 0 Å². The van der Waals surface area contributed by atoms with Gasteiger partial charge in [0, 0.05) is 18.3 Å². The minimum absolute atomic E-state index is 0.148. The molecule has 0 spiro atoms. The molecule has 2 rings (SSSR count). The summed E-state index contributed by atoms with van der Waals surface area (Å²) < 4.78 is 32.3. The molecule has 1 aromatic rings. The molecule has 1 saturated heterocycles. The molecule has 1 heterocycles. The highest BCUT2D eigenvalue weighted by Crippen LogP contribution is 2.25. The van der Waals surface area contributed by atoms with E-state index < -0.39 is 10.0 Å². The van der Waals surface area contributed by atoms with Crippen molar-refractivity contribution in [2.75, 3.05) is 25.5 Å². The number of hydrogen-bond acceptors (Lipinski definition) is 4. The van der Waals surface area contributed by atoms with E-state index in [1.165, 1.54) is 4.31 Å². The average Bonchev–Trinajstić information content (AvgIpc) is 2.39. The van der Waals surface area contributed by atoms with Gasteiger partial charge in [-0.05, 0) is 31.0 Å². The number of ether oxygens (including phenoxy) is 1. The third kappa shape index (κ3) is 2.75. The van der Waals surface area contributed by atoms with Gasteiger partial charge in [-0.3, -0.25) is 0 Å². The Labute approximate surface area is 114 Å². The Morgan fingerprint density at radius 1 is 1.47 bits per heavy atom. The fourth-order valence-corrected chi connectivity index (χ4v) is 4.23. The van der Waals surface area contributed by atoms with Crippen LogP contribution in [0, 0.1) is 0 Å². The third-order valence-electron chi connectivity index (χ3n) is 3.37. The summed E-state index contributed by atoms with van der Waals surface area (Å²) in [6.45, 7) is 5.06. The molecule has 1 aliphatic rings. The summed E-state index contributed by atoms with van der Waals surface area (Å²) in [7, 11) is -3.50. The predicted molar refractivity (Wildman–Crippen MR) is 74.4 cm³/mol. The first-order valence-electron chi connectivity index (χ1n) is 6.44. The van der Waals surface area contributed by atoms with E-state index in [1.54, 1.807) is 18.2 Å². The molecule has 5 nitrogen and oxygen atoms in total. The molecule has 106 valence electrons. The van der Waals surface area contributed by atoms with Gasteiger partial charge in [-0.2, -0.15) is 4.31 Å². The first-order chi connectivity index (χ1) is 8.96. The van der Waals surface area contributed by atoms with E-state index in [2.05, 4.69) is 0 Å². The third-order valence-corrected chi connectivity index (χ3v) is 5.46. The molecule has 6 heteroatoms. The highest BCUT2D eigenvalue weighted by molar-refractivity contribution is 7.89. The van der Waals surface area contributed by atoms with Crippen LogP contribution in [0.5, 0.6) is 0 Å². The maximum absolute atomic E-state index is 12.7. The fraction of sp³-hybridized carbons (Fsp3) is 0.538. The molecule has 1 aliphatic heterocycles. The van der Waals surface area contributed by atoms with Crippen molar-refractivity contribution in [2.24, 2.45) is 0 Å². The molecule has 0 bridgehead atoms. The zero-order valence-electron chi connectivity index (χ0n) is 11.3. The second-order valence-electron chi connectivity index (χ2n) is 4.76. The van der Waals surface area contributed by atoms with Crippen LogP contribution in [0.1, 0.15) is 19.4 Å². The van der Waals surface area contributed by atoms with Crippen LogP contribution < -0.4 is 5.73 Å². The lowest BCUT2D eigenvalue weighted by Crippen LogP contribution is -2.47.